The summed E-state index contributed by atoms with van der Waals surface area (Å²) in [5, 5.41) is 7.73. The maximum Gasteiger partial charge on any atom is 0.276 e. The Morgan fingerprint density at radius 3 is 2.76 bits per heavy atom. The largest absolute Gasteiger partial charge is 0.493 e. The lowest BCUT2D eigenvalue weighted by molar-refractivity contribution is 0.102. The molecule has 172 valence electrons. The summed E-state index contributed by atoms with van der Waals surface area (Å²) in [4.78, 5) is 17.4. The van der Waals surface area contributed by atoms with E-state index >= 15 is 0 Å². The number of aromatic nitrogens is 3. The average molecular weight is 455 g/mol. The van der Waals surface area contributed by atoms with Gasteiger partial charge in [0.25, 0.3) is 5.91 Å². The number of benzene rings is 2. The third-order valence-corrected chi connectivity index (χ3v) is 6.03. The number of hydrogen-bond acceptors (Lipinski definition) is 5. The van der Waals surface area contributed by atoms with Crippen molar-refractivity contribution in [2.24, 2.45) is 0 Å². The van der Waals surface area contributed by atoms with Crippen LogP contribution >= 0.6 is 0 Å². The number of anilines is 1. The van der Waals surface area contributed by atoms with Crippen LogP contribution in [0.25, 0.3) is 5.69 Å². The second-order valence-corrected chi connectivity index (χ2v) is 8.30. The number of pyridine rings is 1. The number of nitrogens with one attached hydrogen (secondary N) is 1. The van der Waals surface area contributed by atoms with E-state index in [2.05, 4.69) is 23.3 Å². The van der Waals surface area contributed by atoms with Crippen LogP contribution in [0.4, 0.5) is 5.69 Å². The van der Waals surface area contributed by atoms with Crippen LogP contribution in [0, 0.1) is 6.92 Å². The minimum Gasteiger partial charge on any atom is -0.493 e. The number of aryl methyl sites for hydroxylation is 1. The first-order valence-electron chi connectivity index (χ1n) is 11.3. The Bertz CT molecular complexity index is 1330. The van der Waals surface area contributed by atoms with Gasteiger partial charge in [0.15, 0.2) is 17.2 Å². The molecule has 0 aliphatic heterocycles. The third kappa shape index (κ3) is 4.24. The summed E-state index contributed by atoms with van der Waals surface area (Å²) in [6, 6.07) is 17.3. The fraction of sp³-hybridized carbons (Fsp3) is 0.222. The Hall–Kier alpha value is -4.13. The van der Waals surface area contributed by atoms with Crippen molar-refractivity contribution in [1.29, 1.82) is 0 Å². The summed E-state index contributed by atoms with van der Waals surface area (Å²) < 4.78 is 13.3. The number of para-hydroxylation sites is 1. The summed E-state index contributed by atoms with van der Waals surface area (Å²) in [6.07, 6.45) is 6.26. The van der Waals surface area contributed by atoms with Gasteiger partial charge in [-0.25, -0.2) is 4.68 Å². The number of carbonyl (C=O) groups excluding carboxylic acids is 1. The van der Waals surface area contributed by atoms with Crippen LogP contribution in [-0.4, -0.2) is 27.8 Å². The highest BCUT2D eigenvalue weighted by Crippen LogP contribution is 2.32. The lowest BCUT2D eigenvalue weighted by Crippen LogP contribution is -2.15. The van der Waals surface area contributed by atoms with Crippen LogP contribution in [-0.2, 0) is 19.4 Å². The zero-order chi connectivity index (χ0) is 23.5. The first kappa shape index (κ1) is 21.7. The van der Waals surface area contributed by atoms with E-state index in [4.69, 9.17) is 14.6 Å². The molecule has 0 bridgehead atoms. The molecule has 0 spiro atoms. The lowest BCUT2D eigenvalue weighted by Gasteiger charge is -2.13. The SMILES string of the molecule is COc1ccc(NC(=O)c2nn(-c3ccccc3C)c3c2CCC3)cc1OCc1cccnc1. The number of amides is 1. The Morgan fingerprint density at radius 1 is 1.09 bits per heavy atom. The van der Waals surface area contributed by atoms with Gasteiger partial charge in [-0.05, 0) is 56.0 Å². The van der Waals surface area contributed by atoms with Crippen molar-refractivity contribution in [3.05, 3.63) is 95.1 Å². The lowest BCUT2D eigenvalue weighted by atomic mass is 10.1. The number of rotatable bonds is 7. The van der Waals surface area contributed by atoms with Crippen molar-refractivity contribution >= 4 is 11.6 Å². The molecule has 4 aromatic rings. The number of nitrogens with zero attached hydrogens (tertiary/aromatic N) is 3. The van der Waals surface area contributed by atoms with Gasteiger partial charge in [-0.2, -0.15) is 5.10 Å². The highest BCUT2D eigenvalue weighted by Gasteiger charge is 2.27. The second-order valence-electron chi connectivity index (χ2n) is 8.30. The molecule has 0 saturated carbocycles. The van der Waals surface area contributed by atoms with E-state index in [1.165, 1.54) is 0 Å². The van der Waals surface area contributed by atoms with Gasteiger partial charge in [0.05, 0.1) is 12.8 Å². The minimum atomic E-state index is -0.228. The van der Waals surface area contributed by atoms with Gasteiger partial charge in [0.1, 0.15) is 6.61 Å². The number of carbonyl (C=O) groups is 1. The van der Waals surface area contributed by atoms with Crippen LogP contribution < -0.4 is 14.8 Å². The average Bonchev–Trinajstić information content (AvgIpc) is 3.47. The number of methoxy groups -OCH3 is 1. The number of fused-ring (bicyclic) bond motifs is 1. The number of hydrogen-bond donors (Lipinski definition) is 1. The quantitative estimate of drug-likeness (QED) is 0.430. The molecular formula is C27H26N4O3. The fourth-order valence-corrected chi connectivity index (χ4v) is 4.32. The Labute approximate surface area is 198 Å². The van der Waals surface area contributed by atoms with Crippen molar-refractivity contribution in [3.63, 3.8) is 0 Å². The maximum absolute atomic E-state index is 13.3. The van der Waals surface area contributed by atoms with Crippen molar-refractivity contribution in [3.8, 4) is 17.2 Å². The van der Waals surface area contributed by atoms with Crippen molar-refractivity contribution in [2.75, 3.05) is 12.4 Å². The molecular weight excluding hydrogens is 428 g/mol. The zero-order valence-electron chi connectivity index (χ0n) is 19.2. The van der Waals surface area contributed by atoms with E-state index in [1.807, 2.05) is 35.0 Å². The van der Waals surface area contributed by atoms with Gasteiger partial charge in [-0.3, -0.25) is 9.78 Å². The van der Waals surface area contributed by atoms with Gasteiger partial charge in [0.2, 0.25) is 0 Å². The minimum absolute atomic E-state index is 0.228. The van der Waals surface area contributed by atoms with E-state index in [1.54, 1.807) is 37.7 Å². The molecule has 0 atom stereocenters. The monoisotopic (exact) mass is 454 g/mol. The molecule has 0 unspecified atom stereocenters. The van der Waals surface area contributed by atoms with Crippen LogP contribution in [0.1, 0.15) is 39.3 Å². The van der Waals surface area contributed by atoms with Gasteiger partial charge >= 0.3 is 0 Å². The van der Waals surface area contributed by atoms with E-state index < -0.39 is 0 Å². The summed E-state index contributed by atoms with van der Waals surface area (Å²) in [6.45, 7) is 2.40. The molecule has 1 aliphatic rings. The smallest absolute Gasteiger partial charge is 0.276 e. The Kier molecular flexibility index (Phi) is 5.99. The molecule has 2 heterocycles. The molecule has 0 fully saturated rings. The number of ether oxygens (including phenoxy) is 2. The first-order valence-corrected chi connectivity index (χ1v) is 11.3. The van der Waals surface area contributed by atoms with Crippen molar-refractivity contribution < 1.29 is 14.3 Å². The molecule has 2 aromatic carbocycles. The van der Waals surface area contributed by atoms with Crippen LogP contribution in [0.3, 0.4) is 0 Å². The van der Waals surface area contributed by atoms with Gasteiger partial charge in [0, 0.05) is 41.0 Å². The molecule has 2 aromatic heterocycles. The molecule has 1 aliphatic carbocycles. The van der Waals surface area contributed by atoms with Crippen molar-refractivity contribution in [2.45, 2.75) is 32.8 Å². The summed E-state index contributed by atoms with van der Waals surface area (Å²) in [5.41, 5.74) is 6.31. The first-order chi connectivity index (χ1) is 16.6. The highest BCUT2D eigenvalue weighted by molar-refractivity contribution is 6.04. The molecule has 5 rings (SSSR count). The van der Waals surface area contributed by atoms with E-state index in [9.17, 15) is 4.79 Å². The molecule has 1 amide bonds. The van der Waals surface area contributed by atoms with Gasteiger partial charge < -0.3 is 14.8 Å². The standard InChI is InChI=1S/C27H26N4O3/c1-18-7-3-4-10-22(18)31-23-11-5-9-21(23)26(30-31)27(32)29-20-12-13-24(33-2)25(15-20)34-17-19-8-6-14-28-16-19/h3-4,6-8,10,12-16H,5,9,11,17H2,1-2H3,(H,29,32). The Morgan fingerprint density at radius 2 is 1.97 bits per heavy atom. The van der Waals surface area contributed by atoms with E-state index in [0.29, 0.717) is 29.5 Å². The maximum atomic E-state index is 13.3. The van der Waals surface area contributed by atoms with Crippen LogP contribution in [0.15, 0.2) is 67.0 Å². The Balaban J connectivity index is 1.39. The topological polar surface area (TPSA) is 78.3 Å². The van der Waals surface area contributed by atoms with Gasteiger partial charge in [-0.1, -0.05) is 24.3 Å². The molecule has 7 nitrogen and oxygen atoms in total. The van der Waals surface area contributed by atoms with E-state index in [0.717, 1.165) is 47.3 Å². The van der Waals surface area contributed by atoms with Gasteiger partial charge in [-0.15, -0.1) is 0 Å². The molecule has 34 heavy (non-hydrogen) atoms. The summed E-state index contributed by atoms with van der Waals surface area (Å²) >= 11 is 0. The van der Waals surface area contributed by atoms with Crippen molar-refractivity contribution in [1.82, 2.24) is 14.8 Å². The molecule has 0 radical (unpaired) electrons. The van der Waals surface area contributed by atoms with Crippen LogP contribution in [0.5, 0.6) is 11.5 Å². The molecule has 0 saturated heterocycles. The summed E-state index contributed by atoms with van der Waals surface area (Å²) in [5.74, 6) is 0.903. The zero-order valence-corrected chi connectivity index (χ0v) is 19.2. The third-order valence-electron chi connectivity index (χ3n) is 6.03. The molecule has 7 heteroatoms. The van der Waals surface area contributed by atoms with E-state index in [-0.39, 0.29) is 5.91 Å². The van der Waals surface area contributed by atoms with Crippen LogP contribution in [0.2, 0.25) is 0 Å². The summed E-state index contributed by atoms with van der Waals surface area (Å²) in [7, 11) is 1.59. The second kappa shape index (κ2) is 9.39. The predicted molar refractivity (Wildman–Crippen MR) is 130 cm³/mol. The highest BCUT2D eigenvalue weighted by atomic mass is 16.5. The fourth-order valence-electron chi connectivity index (χ4n) is 4.32. The molecule has 1 N–H and O–H groups in total. The normalized spacial score (nSPS) is 12.3. The predicted octanol–water partition coefficient (Wildman–Crippen LogP) is 4.90.